The van der Waals surface area contributed by atoms with Gasteiger partial charge in [-0.25, -0.2) is 0 Å². The molecule has 0 aliphatic heterocycles. The summed E-state index contributed by atoms with van der Waals surface area (Å²) >= 11 is 0. The largest absolute Gasteiger partial charge is 0.480 e. The van der Waals surface area contributed by atoms with Crippen LogP contribution in [0.5, 0.6) is 0 Å². The first-order valence-electron chi connectivity index (χ1n) is 16.7. The molecule has 0 unspecified atom stereocenters. The highest BCUT2D eigenvalue weighted by molar-refractivity contribution is 5.81. The molecule has 4 aliphatic carbocycles. The smallest absolute Gasteiger partial charge is 0.323 e. The third kappa shape index (κ3) is 6.15. The van der Waals surface area contributed by atoms with Crippen molar-refractivity contribution in [2.45, 2.75) is 84.2 Å². The van der Waals surface area contributed by atoms with E-state index in [0.717, 1.165) is 30.2 Å². The molecule has 1 heterocycles. The van der Waals surface area contributed by atoms with Crippen molar-refractivity contribution in [1.82, 2.24) is 9.88 Å². The average Bonchev–Trinajstić information content (AvgIpc) is 3.39. The van der Waals surface area contributed by atoms with Crippen LogP contribution >= 0.6 is 0 Å². The quantitative estimate of drug-likeness (QED) is 0.217. The fourth-order valence-corrected chi connectivity index (χ4v) is 9.30. The molecule has 4 aliphatic rings. The minimum atomic E-state index is -0.975. The molecule has 1 amide bonds. The molecule has 44 heavy (non-hydrogen) atoms. The van der Waals surface area contributed by atoms with Gasteiger partial charge in [0.2, 0.25) is 5.91 Å². The number of amides is 1. The number of benzene rings is 1. The van der Waals surface area contributed by atoms with Crippen molar-refractivity contribution in [3.8, 4) is 0 Å². The molecule has 2 aromatic rings. The van der Waals surface area contributed by atoms with E-state index < -0.39 is 5.97 Å². The van der Waals surface area contributed by atoms with Crippen molar-refractivity contribution in [3.05, 3.63) is 83.7 Å². The van der Waals surface area contributed by atoms with E-state index in [1.807, 2.05) is 42.7 Å². The van der Waals surface area contributed by atoms with E-state index in [1.165, 1.54) is 48.1 Å². The van der Waals surface area contributed by atoms with E-state index in [2.05, 4.69) is 43.1 Å². The van der Waals surface area contributed by atoms with Crippen LogP contribution in [-0.4, -0.2) is 52.7 Å². The molecule has 0 radical (unpaired) electrons. The second-order valence-corrected chi connectivity index (χ2v) is 14.1. The first-order valence-corrected chi connectivity index (χ1v) is 16.7. The number of nitrogens with zero attached hydrogens (tertiary/aromatic N) is 2. The van der Waals surface area contributed by atoms with Gasteiger partial charge in [-0.2, -0.15) is 0 Å². The third-order valence-corrected chi connectivity index (χ3v) is 11.7. The number of fused-ring (bicyclic) bond motifs is 5. The zero-order valence-corrected chi connectivity index (χ0v) is 26.4. The van der Waals surface area contributed by atoms with Gasteiger partial charge in [0.15, 0.2) is 0 Å². The van der Waals surface area contributed by atoms with Crippen LogP contribution in [-0.2, 0) is 20.7 Å². The summed E-state index contributed by atoms with van der Waals surface area (Å²) in [5.74, 6) is 1.08. The van der Waals surface area contributed by atoms with Crippen LogP contribution in [0.1, 0.15) is 82.8 Å². The summed E-state index contributed by atoms with van der Waals surface area (Å²) in [7, 11) is 0. The summed E-state index contributed by atoms with van der Waals surface area (Å²) in [5, 5.41) is 9.35. The van der Waals surface area contributed by atoms with Crippen LogP contribution in [0.2, 0.25) is 0 Å². The molecule has 0 saturated heterocycles. The molecule has 6 heteroatoms. The average molecular weight is 597 g/mol. The van der Waals surface area contributed by atoms with Crippen LogP contribution in [0.3, 0.4) is 0 Å². The summed E-state index contributed by atoms with van der Waals surface area (Å²) in [6, 6.07) is 14.2. The Bertz CT molecular complexity index is 1390. The Morgan fingerprint density at radius 3 is 2.59 bits per heavy atom. The number of hydrogen-bond donors (Lipinski definition) is 1. The van der Waals surface area contributed by atoms with Crippen molar-refractivity contribution in [3.63, 3.8) is 0 Å². The molecule has 234 valence electrons. The second kappa shape index (κ2) is 13.0. The highest BCUT2D eigenvalue weighted by Gasteiger charge is 2.56. The lowest BCUT2D eigenvalue weighted by Gasteiger charge is -2.58. The molecule has 1 aromatic carbocycles. The van der Waals surface area contributed by atoms with Crippen molar-refractivity contribution in [1.29, 1.82) is 0 Å². The van der Waals surface area contributed by atoms with E-state index >= 15 is 0 Å². The van der Waals surface area contributed by atoms with Crippen LogP contribution in [0.4, 0.5) is 0 Å². The maximum atomic E-state index is 12.9. The molecule has 1 N–H and O–H groups in total. The Labute approximate surface area is 262 Å². The molecular weight excluding hydrogens is 548 g/mol. The summed E-state index contributed by atoms with van der Waals surface area (Å²) in [6.45, 7) is 5.74. The molecule has 2 fully saturated rings. The lowest BCUT2D eigenvalue weighted by atomic mass is 9.47. The lowest BCUT2D eigenvalue weighted by molar-refractivity contribution is -0.144. The Kier molecular flexibility index (Phi) is 9.09. The van der Waals surface area contributed by atoms with Crippen LogP contribution in [0.15, 0.2) is 72.6 Å². The topological polar surface area (TPSA) is 79.7 Å². The van der Waals surface area contributed by atoms with E-state index in [0.29, 0.717) is 38.3 Å². The normalized spacial score (nSPS) is 30.8. The van der Waals surface area contributed by atoms with Gasteiger partial charge in [0.05, 0.1) is 6.10 Å². The summed E-state index contributed by atoms with van der Waals surface area (Å²) in [5.41, 5.74) is 6.02. The second-order valence-electron chi connectivity index (χ2n) is 14.1. The number of carbonyl (C=O) groups is 2. The van der Waals surface area contributed by atoms with Crippen LogP contribution in [0, 0.1) is 28.6 Å². The van der Waals surface area contributed by atoms with Gasteiger partial charge in [-0.1, -0.05) is 68.0 Å². The highest BCUT2D eigenvalue weighted by atomic mass is 16.5. The zero-order chi connectivity index (χ0) is 30.7. The fourth-order valence-electron chi connectivity index (χ4n) is 9.30. The van der Waals surface area contributed by atoms with Gasteiger partial charge in [0, 0.05) is 32.0 Å². The van der Waals surface area contributed by atoms with Gasteiger partial charge in [0.1, 0.15) is 6.54 Å². The summed E-state index contributed by atoms with van der Waals surface area (Å²) in [6.07, 6.45) is 18.9. The zero-order valence-electron chi connectivity index (χ0n) is 26.4. The number of carboxylic acids is 1. The summed E-state index contributed by atoms with van der Waals surface area (Å²) < 4.78 is 6.36. The van der Waals surface area contributed by atoms with E-state index in [4.69, 9.17) is 4.74 Å². The number of rotatable bonds is 11. The molecule has 6 atom stereocenters. The molecule has 1 aromatic heterocycles. The van der Waals surface area contributed by atoms with Gasteiger partial charge in [-0.05, 0) is 109 Å². The van der Waals surface area contributed by atoms with Gasteiger partial charge in [0.25, 0.3) is 0 Å². The minimum Gasteiger partial charge on any atom is -0.480 e. The molecule has 6 rings (SSSR count). The van der Waals surface area contributed by atoms with E-state index in [9.17, 15) is 14.7 Å². The number of carbonyl (C=O) groups excluding carboxylic acids is 1. The first kappa shape index (κ1) is 30.8. The van der Waals surface area contributed by atoms with Gasteiger partial charge in [-0.3, -0.25) is 14.6 Å². The number of aliphatic carboxylic acids is 1. The predicted molar refractivity (Wildman–Crippen MR) is 173 cm³/mol. The number of aromatic nitrogens is 1. The van der Waals surface area contributed by atoms with E-state index in [1.54, 1.807) is 5.57 Å². The van der Waals surface area contributed by atoms with Crippen LogP contribution in [0.25, 0.3) is 5.57 Å². The van der Waals surface area contributed by atoms with Crippen molar-refractivity contribution in [2.24, 2.45) is 28.6 Å². The van der Waals surface area contributed by atoms with E-state index in [-0.39, 0.29) is 29.4 Å². The molecule has 6 nitrogen and oxygen atoms in total. The predicted octanol–water partition coefficient (Wildman–Crippen LogP) is 7.36. The Morgan fingerprint density at radius 2 is 1.82 bits per heavy atom. The van der Waals surface area contributed by atoms with Gasteiger partial charge < -0.3 is 14.7 Å². The lowest BCUT2D eigenvalue weighted by Crippen LogP contribution is -2.50. The maximum absolute atomic E-state index is 12.9. The molecule has 0 spiro atoms. The number of allylic oxidation sites excluding steroid dienone is 3. The third-order valence-electron chi connectivity index (χ3n) is 11.7. The SMILES string of the molecule is C[C@]12CC[C@H](OCCCC(=O)N(CCc3ccccc3)CC(=O)O)CC1=CC[C@@H]1[C@@H]2CC[C@]2(C)C(c3cccnc3)=CC[C@@H]12. The number of pyridine rings is 1. The maximum Gasteiger partial charge on any atom is 0.323 e. The molecular formula is C38H48N2O4. The Hall–Kier alpha value is -3.25. The number of hydrogen-bond acceptors (Lipinski definition) is 4. The van der Waals surface area contributed by atoms with Gasteiger partial charge in [-0.15, -0.1) is 0 Å². The minimum absolute atomic E-state index is 0.110. The number of ether oxygens (including phenoxy) is 1. The molecule has 0 bridgehead atoms. The standard InChI is InChI=1S/C38H48N2O4/c1-37-19-16-30(44-23-7-11-35(41)40(26-36(42)43)22-18-27-8-4-3-5-9-27)24-29(37)12-13-31-33-15-14-32(28-10-6-21-39-25-28)38(33,2)20-17-34(31)37/h3-6,8-10,12,14,21,25,30-31,33-34H,7,11,13,15-20,22-24,26H2,1-2H3,(H,42,43)/t30-,31-,33-,34-,37-,38+/m0/s1. The first-order chi connectivity index (χ1) is 21.3. The van der Waals surface area contributed by atoms with Crippen LogP contribution < -0.4 is 0 Å². The van der Waals surface area contributed by atoms with Gasteiger partial charge >= 0.3 is 5.97 Å². The Morgan fingerprint density at radius 1 is 1.00 bits per heavy atom. The van der Waals surface area contributed by atoms with Crippen molar-refractivity contribution >= 4 is 17.4 Å². The monoisotopic (exact) mass is 596 g/mol. The molecule has 2 saturated carbocycles. The number of carboxylic acid groups (broad SMARTS) is 1. The summed E-state index contributed by atoms with van der Waals surface area (Å²) in [4.78, 5) is 30.2. The fraction of sp³-hybridized carbons (Fsp3) is 0.553. The van der Waals surface area contributed by atoms with Crippen molar-refractivity contribution < 1.29 is 19.4 Å². The van der Waals surface area contributed by atoms with Crippen molar-refractivity contribution in [2.75, 3.05) is 19.7 Å². The Balaban J connectivity index is 1.00. The highest BCUT2D eigenvalue weighted by Crippen LogP contribution is 2.66.